The molecule has 1 aliphatic heterocycles. The van der Waals surface area contributed by atoms with Crippen molar-refractivity contribution in [2.45, 2.75) is 12.8 Å². The van der Waals surface area contributed by atoms with Gasteiger partial charge < -0.3 is 15.8 Å². The second-order valence-electron chi connectivity index (χ2n) is 3.16. The number of rotatable bonds is 1. The number of anilines is 1. The van der Waals surface area contributed by atoms with Crippen molar-refractivity contribution in [2.24, 2.45) is 0 Å². The number of carbonyl (C=O) groups excluding carboxylic acids is 1. The maximum absolute atomic E-state index is 11.7. The second-order valence-corrected chi connectivity index (χ2v) is 3.16. The first-order chi connectivity index (χ1) is 6.70. The first kappa shape index (κ1) is 8.79. The van der Waals surface area contributed by atoms with E-state index in [1.807, 2.05) is 0 Å². The van der Waals surface area contributed by atoms with Gasteiger partial charge in [-0.15, -0.1) is 0 Å². The molecule has 1 fully saturated rings. The quantitative estimate of drug-likeness (QED) is 0.591. The summed E-state index contributed by atoms with van der Waals surface area (Å²) in [5, 5.41) is 14.2. The monoisotopic (exact) mass is 198 g/mol. The van der Waals surface area contributed by atoms with Crippen LogP contribution in [0.1, 0.15) is 23.3 Å². The Morgan fingerprint density at radius 3 is 2.71 bits per heavy atom. The van der Waals surface area contributed by atoms with Crippen LogP contribution in [0, 0.1) is 5.21 Å². The summed E-state index contributed by atoms with van der Waals surface area (Å²) in [7, 11) is 0. The molecule has 0 spiro atoms. The van der Waals surface area contributed by atoms with E-state index < -0.39 is 5.91 Å². The lowest BCUT2D eigenvalue weighted by molar-refractivity contribution is -0.803. The summed E-state index contributed by atoms with van der Waals surface area (Å²) in [6.45, 7) is 1.31. The summed E-state index contributed by atoms with van der Waals surface area (Å²) in [6, 6.07) is 0. The molecule has 14 heavy (non-hydrogen) atoms. The van der Waals surface area contributed by atoms with Gasteiger partial charge >= 0.3 is 17.4 Å². The number of aromatic nitrogens is 2. The lowest BCUT2D eigenvalue weighted by atomic mass is 10.4. The minimum absolute atomic E-state index is 0.0516. The van der Waals surface area contributed by atoms with Gasteiger partial charge in [0.1, 0.15) is 0 Å². The van der Waals surface area contributed by atoms with E-state index in [0.29, 0.717) is 13.1 Å². The smallest absolute Gasteiger partial charge is 0.318 e. The standard InChI is InChI=1S/C7H10N4O3/c8-6-5(11(13)14-9-6)7(12)10-3-1-2-4-10/h1-4H2,(H2,8,9). The third-order valence-electron chi connectivity index (χ3n) is 2.23. The predicted molar refractivity (Wildman–Crippen MR) is 45.0 cm³/mol. The number of likely N-dealkylation sites (tertiary alicyclic amines) is 1. The van der Waals surface area contributed by atoms with E-state index in [-0.39, 0.29) is 16.4 Å². The second kappa shape index (κ2) is 3.17. The molecule has 1 amide bonds. The van der Waals surface area contributed by atoms with E-state index in [0.717, 1.165) is 12.8 Å². The van der Waals surface area contributed by atoms with Crippen LogP contribution in [-0.2, 0) is 0 Å². The van der Waals surface area contributed by atoms with Gasteiger partial charge in [-0.1, -0.05) is 0 Å². The molecule has 76 valence electrons. The normalized spacial score (nSPS) is 16.1. The highest BCUT2D eigenvalue weighted by Crippen LogP contribution is 2.13. The van der Waals surface area contributed by atoms with Gasteiger partial charge in [0.25, 0.3) is 0 Å². The van der Waals surface area contributed by atoms with Gasteiger partial charge in [-0.25, -0.2) is 0 Å². The zero-order valence-corrected chi connectivity index (χ0v) is 7.47. The fraction of sp³-hybridized carbons (Fsp3) is 0.571. The minimum Gasteiger partial charge on any atom is -0.359 e. The molecule has 0 bridgehead atoms. The maximum atomic E-state index is 11.7. The first-order valence-electron chi connectivity index (χ1n) is 4.34. The highest BCUT2D eigenvalue weighted by atomic mass is 16.8. The Bertz CT molecular complexity index is 336. The Morgan fingerprint density at radius 2 is 2.21 bits per heavy atom. The van der Waals surface area contributed by atoms with Crippen molar-refractivity contribution < 1.29 is 14.3 Å². The summed E-state index contributed by atoms with van der Waals surface area (Å²) in [4.78, 5) is 13.3. The van der Waals surface area contributed by atoms with Crippen LogP contribution in [-0.4, -0.2) is 29.1 Å². The van der Waals surface area contributed by atoms with E-state index in [2.05, 4.69) is 9.79 Å². The molecule has 1 saturated heterocycles. The Hall–Kier alpha value is -1.79. The predicted octanol–water partition coefficient (Wildman–Crippen LogP) is -0.874. The number of amides is 1. The van der Waals surface area contributed by atoms with Crippen LogP contribution in [0.15, 0.2) is 4.63 Å². The molecule has 0 atom stereocenters. The Balaban J connectivity index is 2.25. The Morgan fingerprint density at radius 1 is 1.57 bits per heavy atom. The van der Waals surface area contributed by atoms with Crippen LogP contribution in [0.2, 0.25) is 0 Å². The molecule has 0 aliphatic carbocycles. The third kappa shape index (κ3) is 1.26. The fourth-order valence-electron chi connectivity index (χ4n) is 1.52. The fourth-order valence-corrected chi connectivity index (χ4v) is 1.52. The molecule has 2 heterocycles. The molecule has 7 nitrogen and oxygen atoms in total. The summed E-state index contributed by atoms with van der Waals surface area (Å²) >= 11 is 0. The number of hydrogen-bond acceptors (Lipinski definition) is 5. The van der Waals surface area contributed by atoms with Crippen molar-refractivity contribution in [1.29, 1.82) is 0 Å². The largest absolute Gasteiger partial charge is 0.359 e. The van der Waals surface area contributed by atoms with Crippen LogP contribution >= 0.6 is 0 Å². The Kier molecular flexibility index (Phi) is 1.99. The molecule has 1 aromatic heterocycles. The van der Waals surface area contributed by atoms with Crippen molar-refractivity contribution >= 4 is 11.7 Å². The molecule has 0 aromatic carbocycles. The molecule has 0 radical (unpaired) electrons. The highest BCUT2D eigenvalue weighted by molar-refractivity contribution is 5.94. The van der Waals surface area contributed by atoms with Gasteiger partial charge in [-0.05, 0) is 17.7 Å². The van der Waals surface area contributed by atoms with Crippen molar-refractivity contribution in [3.63, 3.8) is 0 Å². The van der Waals surface area contributed by atoms with Gasteiger partial charge in [0.2, 0.25) is 0 Å². The molecular weight excluding hydrogens is 188 g/mol. The zero-order chi connectivity index (χ0) is 10.1. The van der Waals surface area contributed by atoms with Crippen molar-refractivity contribution in [3.8, 4) is 0 Å². The number of nitrogen functional groups attached to an aromatic ring is 1. The molecule has 2 N–H and O–H groups in total. The summed E-state index contributed by atoms with van der Waals surface area (Å²) in [5.74, 6) is -0.562. The van der Waals surface area contributed by atoms with Crippen LogP contribution in [0.5, 0.6) is 0 Å². The summed E-state index contributed by atoms with van der Waals surface area (Å²) in [5.41, 5.74) is 5.12. The average molecular weight is 198 g/mol. The zero-order valence-electron chi connectivity index (χ0n) is 7.47. The van der Waals surface area contributed by atoms with E-state index in [1.165, 1.54) is 0 Å². The lowest BCUT2D eigenvalue weighted by Crippen LogP contribution is -2.39. The first-order valence-corrected chi connectivity index (χ1v) is 4.34. The van der Waals surface area contributed by atoms with Gasteiger partial charge in [0, 0.05) is 13.1 Å². The Labute approximate surface area is 79.6 Å². The van der Waals surface area contributed by atoms with Crippen LogP contribution in [0.4, 0.5) is 5.82 Å². The third-order valence-corrected chi connectivity index (χ3v) is 2.23. The van der Waals surface area contributed by atoms with E-state index in [9.17, 15) is 10.0 Å². The topological polar surface area (TPSA) is 99.3 Å². The van der Waals surface area contributed by atoms with Gasteiger partial charge in [-0.3, -0.25) is 9.42 Å². The van der Waals surface area contributed by atoms with Gasteiger partial charge in [0.05, 0.1) is 5.16 Å². The molecule has 0 unspecified atom stereocenters. The molecule has 7 heteroatoms. The average Bonchev–Trinajstić information content (AvgIpc) is 2.75. The SMILES string of the molecule is Nc1no[n+]([O-])c1C(=O)N1CCCC1. The number of hydrogen-bond donors (Lipinski definition) is 1. The number of nitrogens with two attached hydrogens (primary N) is 1. The van der Waals surface area contributed by atoms with Gasteiger partial charge in [0.15, 0.2) is 0 Å². The summed E-state index contributed by atoms with van der Waals surface area (Å²) in [6.07, 6.45) is 1.91. The maximum Gasteiger partial charge on any atom is 0.318 e. The van der Waals surface area contributed by atoms with E-state index in [1.54, 1.807) is 4.90 Å². The van der Waals surface area contributed by atoms with Crippen molar-refractivity contribution in [2.75, 3.05) is 18.8 Å². The van der Waals surface area contributed by atoms with E-state index >= 15 is 0 Å². The lowest BCUT2D eigenvalue weighted by Gasteiger charge is -2.12. The highest BCUT2D eigenvalue weighted by Gasteiger charge is 2.30. The molecular formula is C7H10N4O3. The van der Waals surface area contributed by atoms with Crippen LogP contribution < -0.4 is 10.6 Å². The summed E-state index contributed by atoms with van der Waals surface area (Å²) < 4.78 is 4.21. The van der Waals surface area contributed by atoms with Crippen LogP contribution in [0.3, 0.4) is 0 Å². The molecule has 0 saturated carbocycles. The van der Waals surface area contributed by atoms with Crippen molar-refractivity contribution in [1.82, 2.24) is 10.1 Å². The number of carbonyl (C=O) groups is 1. The molecule has 1 aromatic rings. The van der Waals surface area contributed by atoms with E-state index in [4.69, 9.17) is 5.73 Å². The van der Waals surface area contributed by atoms with Crippen molar-refractivity contribution in [3.05, 3.63) is 10.9 Å². The number of nitrogens with zero attached hydrogens (tertiary/aromatic N) is 3. The molecule has 2 rings (SSSR count). The van der Waals surface area contributed by atoms with Gasteiger partial charge in [-0.2, -0.15) is 0 Å². The molecule has 1 aliphatic rings. The minimum atomic E-state index is -0.406. The van der Waals surface area contributed by atoms with Crippen LogP contribution in [0.25, 0.3) is 0 Å².